The third-order valence-electron chi connectivity index (χ3n) is 4.78. The van der Waals surface area contributed by atoms with Crippen molar-refractivity contribution >= 4 is 28.6 Å². The van der Waals surface area contributed by atoms with E-state index in [9.17, 15) is 4.79 Å². The molecular formula is C18H22N2OS2. The third-order valence-corrected chi connectivity index (χ3v) is 6.97. The van der Waals surface area contributed by atoms with Crippen molar-refractivity contribution in [2.45, 2.75) is 32.1 Å². The van der Waals surface area contributed by atoms with E-state index in [0.29, 0.717) is 0 Å². The number of carbonyl (C=O) groups is 1. The number of aryl methyl sites for hydroxylation is 2. The summed E-state index contributed by atoms with van der Waals surface area (Å²) in [4.78, 5) is 18.5. The minimum atomic E-state index is 0.0996. The largest absolute Gasteiger partial charge is 0.351 e. The highest BCUT2D eigenvalue weighted by Gasteiger charge is 2.22. The molecule has 0 aromatic carbocycles. The van der Waals surface area contributed by atoms with Gasteiger partial charge in [0.15, 0.2) is 0 Å². The Hall–Kier alpha value is -1.17. The van der Waals surface area contributed by atoms with Crippen LogP contribution in [0, 0.1) is 0 Å². The number of carbonyl (C=O) groups excluding carboxylic acids is 1. The third kappa shape index (κ3) is 3.23. The van der Waals surface area contributed by atoms with E-state index in [-0.39, 0.29) is 5.91 Å². The van der Waals surface area contributed by atoms with E-state index >= 15 is 0 Å². The summed E-state index contributed by atoms with van der Waals surface area (Å²) in [7, 11) is 0. The molecule has 0 unspecified atom stereocenters. The Morgan fingerprint density at radius 1 is 1.26 bits per heavy atom. The number of likely N-dealkylation sites (tertiary alicyclic amines) is 1. The number of nitrogens with zero attached hydrogens (tertiary/aromatic N) is 1. The zero-order valence-electron chi connectivity index (χ0n) is 13.3. The quantitative estimate of drug-likeness (QED) is 0.836. The second-order valence-electron chi connectivity index (χ2n) is 6.38. The van der Waals surface area contributed by atoms with Gasteiger partial charge in [0.05, 0.1) is 4.88 Å². The van der Waals surface area contributed by atoms with Gasteiger partial charge in [0, 0.05) is 21.9 Å². The van der Waals surface area contributed by atoms with E-state index in [0.717, 1.165) is 37.2 Å². The first-order valence-electron chi connectivity index (χ1n) is 8.51. The second kappa shape index (κ2) is 6.75. The molecule has 0 spiro atoms. The number of rotatable bonds is 5. The molecule has 1 fully saturated rings. The van der Waals surface area contributed by atoms with Crippen LogP contribution in [0.15, 0.2) is 17.5 Å². The van der Waals surface area contributed by atoms with Crippen LogP contribution >= 0.6 is 22.7 Å². The second-order valence-corrected chi connectivity index (χ2v) is 8.43. The SMILES string of the molecule is O=C(NCCCN1CCCC1)c1cc2c(s1)-c1ccsc1CC2. The van der Waals surface area contributed by atoms with E-state index in [1.54, 1.807) is 11.3 Å². The molecule has 1 aliphatic carbocycles. The van der Waals surface area contributed by atoms with E-state index < -0.39 is 0 Å². The summed E-state index contributed by atoms with van der Waals surface area (Å²) in [6.07, 6.45) is 5.90. The molecule has 2 aliphatic rings. The molecule has 1 saturated heterocycles. The molecule has 5 heteroatoms. The molecule has 1 amide bonds. The summed E-state index contributed by atoms with van der Waals surface area (Å²) in [6, 6.07) is 4.31. The first-order chi connectivity index (χ1) is 11.3. The Morgan fingerprint density at radius 2 is 2.13 bits per heavy atom. The topological polar surface area (TPSA) is 32.3 Å². The molecule has 4 rings (SSSR count). The highest BCUT2D eigenvalue weighted by atomic mass is 32.1. The molecule has 23 heavy (non-hydrogen) atoms. The lowest BCUT2D eigenvalue weighted by atomic mass is 9.98. The normalized spacial score (nSPS) is 17.0. The van der Waals surface area contributed by atoms with Crippen LogP contribution in [0.3, 0.4) is 0 Å². The molecular weight excluding hydrogens is 324 g/mol. The Kier molecular flexibility index (Phi) is 4.51. The molecule has 1 N–H and O–H groups in total. The van der Waals surface area contributed by atoms with Crippen LogP contribution in [0.5, 0.6) is 0 Å². The molecule has 1 aliphatic heterocycles. The Bertz CT molecular complexity index is 698. The predicted molar refractivity (Wildman–Crippen MR) is 97.7 cm³/mol. The Labute approximate surface area is 145 Å². The standard InChI is InChI=1S/C18H22N2OS2/c21-18(19-7-3-10-20-8-1-2-9-20)16-12-13-4-5-15-14(6-11-22-15)17(13)23-16/h6,11-12H,1-5,7-10H2,(H,19,21). The van der Waals surface area contributed by atoms with Crippen molar-refractivity contribution in [2.24, 2.45) is 0 Å². The van der Waals surface area contributed by atoms with E-state index in [1.807, 2.05) is 11.3 Å². The van der Waals surface area contributed by atoms with Gasteiger partial charge in [0.25, 0.3) is 5.91 Å². The van der Waals surface area contributed by atoms with E-state index in [2.05, 4.69) is 27.7 Å². The minimum absolute atomic E-state index is 0.0996. The van der Waals surface area contributed by atoms with Crippen LogP contribution in [-0.2, 0) is 12.8 Å². The van der Waals surface area contributed by atoms with Gasteiger partial charge in [-0.25, -0.2) is 0 Å². The monoisotopic (exact) mass is 346 g/mol. The molecule has 0 bridgehead atoms. The number of amides is 1. The maximum Gasteiger partial charge on any atom is 0.261 e. The number of fused-ring (bicyclic) bond motifs is 3. The van der Waals surface area contributed by atoms with E-state index in [1.165, 1.54) is 46.8 Å². The zero-order valence-corrected chi connectivity index (χ0v) is 14.9. The maximum atomic E-state index is 12.4. The maximum absolute atomic E-state index is 12.4. The molecule has 0 radical (unpaired) electrons. The van der Waals surface area contributed by atoms with Crippen LogP contribution in [0.25, 0.3) is 10.4 Å². The van der Waals surface area contributed by atoms with Gasteiger partial charge in [0.2, 0.25) is 0 Å². The van der Waals surface area contributed by atoms with Crippen LogP contribution in [-0.4, -0.2) is 37.0 Å². The Balaban J connectivity index is 1.34. The van der Waals surface area contributed by atoms with E-state index in [4.69, 9.17) is 0 Å². The molecule has 122 valence electrons. The molecule has 3 nitrogen and oxygen atoms in total. The lowest BCUT2D eigenvalue weighted by Crippen LogP contribution is -2.28. The lowest BCUT2D eigenvalue weighted by Gasteiger charge is -2.14. The van der Waals surface area contributed by atoms with Gasteiger partial charge in [0.1, 0.15) is 0 Å². The van der Waals surface area contributed by atoms with Crippen molar-refractivity contribution < 1.29 is 4.79 Å². The van der Waals surface area contributed by atoms with Gasteiger partial charge in [-0.2, -0.15) is 0 Å². The fourth-order valence-corrected chi connectivity index (χ4v) is 5.67. The number of thiophene rings is 2. The van der Waals surface area contributed by atoms with Gasteiger partial charge in [-0.15, -0.1) is 22.7 Å². The van der Waals surface area contributed by atoms with Crippen molar-refractivity contribution in [2.75, 3.05) is 26.2 Å². The minimum Gasteiger partial charge on any atom is -0.351 e. The van der Waals surface area contributed by atoms with Crippen LogP contribution in [0.2, 0.25) is 0 Å². The first-order valence-corrected chi connectivity index (χ1v) is 10.2. The molecule has 2 aromatic heterocycles. The fourth-order valence-electron chi connectivity index (χ4n) is 3.54. The van der Waals surface area contributed by atoms with Gasteiger partial charge in [-0.05, 0) is 74.8 Å². The predicted octanol–water partition coefficient (Wildman–Crippen LogP) is 3.79. The summed E-state index contributed by atoms with van der Waals surface area (Å²) in [5, 5.41) is 5.26. The van der Waals surface area contributed by atoms with Crippen LogP contribution < -0.4 is 5.32 Å². The van der Waals surface area contributed by atoms with Crippen molar-refractivity contribution in [3.05, 3.63) is 32.8 Å². The zero-order chi connectivity index (χ0) is 15.6. The fraction of sp³-hybridized carbons (Fsp3) is 0.500. The van der Waals surface area contributed by atoms with Crippen molar-refractivity contribution in [3.8, 4) is 10.4 Å². The van der Waals surface area contributed by atoms with Gasteiger partial charge in [-0.1, -0.05) is 0 Å². The number of hydrogen-bond acceptors (Lipinski definition) is 4. The first kappa shape index (κ1) is 15.4. The molecule has 2 aromatic rings. The molecule has 0 saturated carbocycles. The number of hydrogen-bond donors (Lipinski definition) is 1. The molecule has 0 atom stereocenters. The smallest absolute Gasteiger partial charge is 0.261 e. The summed E-state index contributed by atoms with van der Waals surface area (Å²) >= 11 is 3.50. The van der Waals surface area contributed by atoms with Gasteiger partial charge in [-0.3, -0.25) is 4.79 Å². The summed E-state index contributed by atoms with van der Waals surface area (Å²) in [5.74, 6) is 0.0996. The summed E-state index contributed by atoms with van der Waals surface area (Å²) < 4.78 is 0. The average molecular weight is 347 g/mol. The van der Waals surface area contributed by atoms with Crippen molar-refractivity contribution in [1.82, 2.24) is 10.2 Å². The lowest BCUT2D eigenvalue weighted by molar-refractivity contribution is 0.0956. The van der Waals surface area contributed by atoms with Crippen molar-refractivity contribution in [1.29, 1.82) is 0 Å². The summed E-state index contributed by atoms with van der Waals surface area (Å²) in [5.41, 5.74) is 2.71. The highest BCUT2D eigenvalue weighted by molar-refractivity contribution is 7.18. The van der Waals surface area contributed by atoms with Crippen LogP contribution in [0.1, 0.15) is 39.4 Å². The summed E-state index contributed by atoms with van der Waals surface area (Å²) in [6.45, 7) is 4.35. The Morgan fingerprint density at radius 3 is 3.00 bits per heavy atom. The van der Waals surface area contributed by atoms with Gasteiger partial charge < -0.3 is 10.2 Å². The van der Waals surface area contributed by atoms with Crippen molar-refractivity contribution in [3.63, 3.8) is 0 Å². The average Bonchev–Trinajstić information content (AvgIpc) is 3.29. The molecule has 3 heterocycles. The highest BCUT2D eigenvalue weighted by Crippen LogP contribution is 2.41. The van der Waals surface area contributed by atoms with Crippen LogP contribution in [0.4, 0.5) is 0 Å². The van der Waals surface area contributed by atoms with Gasteiger partial charge >= 0.3 is 0 Å². The number of nitrogens with one attached hydrogen (secondary N) is 1.